The van der Waals surface area contributed by atoms with Crippen molar-refractivity contribution >= 4 is 23.6 Å². The van der Waals surface area contributed by atoms with Gasteiger partial charge in [0.2, 0.25) is 0 Å². The fourth-order valence-corrected chi connectivity index (χ4v) is 4.00. The van der Waals surface area contributed by atoms with Gasteiger partial charge in [-0.05, 0) is 33.3 Å². The van der Waals surface area contributed by atoms with Crippen LogP contribution in [0.1, 0.15) is 27.7 Å². The molecule has 0 N–H and O–H groups in total. The van der Waals surface area contributed by atoms with Crippen LogP contribution in [0.2, 0.25) is 0 Å². The van der Waals surface area contributed by atoms with Gasteiger partial charge in [-0.1, -0.05) is 12.7 Å². The third-order valence-electron chi connectivity index (χ3n) is 3.27. The number of carbonyl (C=O) groups is 2. The predicted octanol–water partition coefficient (Wildman–Crippen LogP) is 2.27. The molecule has 2 aliphatic heterocycles. The van der Waals surface area contributed by atoms with Crippen LogP contribution in [-0.4, -0.2) is 39.5 Å². The highest BCUT2D eigenvalue weighted by Gasteiger charge is 2.61. The molecule has 1 amide bonds. The van der Waals surface area contributed by atoms with Crippen LogP contribution in [0.25, 0.3) is 0 Å². The fraction of sp³-hybridized carbons (Fsp3) is 0.533. The molecule has 108 valence electrons. The number of hydrogen-bond acceptors (Lipinski definition) is 4. The fourth-order valence-electron chi connectivity index (χ4n) is 2.48. The average Bonchev–Trinajstić information content (AvgIpc) is 2.62. The molecule has 0 unspecified atom stereocenters. The van der Waals surface area contributed by atoms with E-state index in [1.807, 2.05) is 27.7 Å². The van der Waals surface area contributed by atoms with Crippen LogP contribution >= 0.6 is 11.8 Å². The molecule has 0 aromatic rings. The molecule has 2 atom stereocenters. The molecule has 0 aromatic heterocycles. The summed E-state index contributed by atoms with van der Waals surface area (Å²) in [6.45, 7) is 11.4. The Morgan fingerprint density at radius 1 is 1.55 bits per heavy atom. The highest BCUT2D eigenvalue weighted by Crippen LogP contribution is 2.53. The van der Waals surface area contributed by atoms with Gasteiger partial charge in [-0.15, -0.1) is 17.5 Å². The minimum Gasteiger partial charge on any atom is -0.460 e. The second-order valence-electron chi connectivity index (χ2n) is 5.65. The van der Waals surface area contributed by atoms with Gasteiger partial charge < -0.3 is 9.64 Å². The van der Waals surface area contributed by atoms with E-state index in [0.717, 1.165) is 5.57 Å². The zero-order valence-corrected chi connectivity index (χ0v) is 13.0. The lowest BCUT2D eigenvalue weighted by Crippen LogP contribution is -2.58. The Balaban J connectivity index is 2.29. The summed E-state index contributed by atoms with van der Waals surface area (Å²) in [7, 11) is 0. The lowest BCUT2D eigenvalue weighted by Gasteiger charge is -2.38. The lowest BCUT2D eigenvalue weighted by atomic mass is 9.96. The van der Waals surface area contributed by atoms with E-state index in [2.05, 4.69) is 12.3 Å². The van der Waals surface area contributed by atoms with Crippen molar-refractivity contribution in [2.45, 2.75) is 43.9 Å². The van der Waals surface area contributed by atoms with Crippen LogP contribution in [-0.2, 0) is 14.3 Å². The van der Waals surface area contributed by atoms with Crippen molar-refractivity contribution in [3.63, 3.8) is 0 Å². The van der Waals surface area contributed by atoms with Gasteiger partial charge in [0.1, 0.15) is 18.0 Å². The van der Waals surface area contributed by atoms with Crippen LogP contribution in [0.15, 0.2) is 29.5 Å². The summed E-state index contributed by atoms with van der Waals surface area (Å²) in [5.74, 6) is -0.482. The Hall–Kier alpha value is -1.45. The Bertz CT molecular complexity index is 539. The Kier molecular flexibility index (Phi) is 3.85. The molecule has 2 saturated heterocycles. The number of β-lactam (4-membered cyclic amide) rings is 1. The van der Waals surface area contributed by atoms with Gasteiger partial charge in [-0.3, -0.25) is 4.79 Å². The molecule has 2 heterocycles. The summed E-state index contributed by atoms with van der Waals surface area (Å²) in [6.07, 6.45) is 1.52. The standard InChI is InChI=1S/C15H19NO3S/c1-6-7-19-14(18)11-15(4,5)20-13-10(8-9(2)3)12(17)16(11)13/h6,11,13H,1,7H2,2-5H3/t11-,13+/m0/s1. The van der Waals surface area contributed by atoms with Gasteiger partial charge >= 0.3 is 5.97 Å². The Labute approximate surface area is 123 Å². The molecule has 0 bridgehead atoms. The van der Waals surface area contributed by atoms with E-state index in [9.17, 15) is 9.59 Å². The normalized spacial score (nSPS) is 26.5. The quantitative estimate of drug-likeness (QED) is 0.263. The average molecular weight is 293 g/mol. The van der Waals surface area contributed by atoms with Gasteiger partial charge in [0.05, 0.1) is 5.57 Å². The van der Waals surface area contributed by atoms with Crippen molar-refractivity contribution in [3.8, 4) is 0 Å². The molecule has 20 heavy (non-hydrogen) atoms. The van der Waals surface area contributed by atoms with E-state index in [0.29, 0.717) is 5.57 Å². The van der Waals surface area contributed by atoms with Crippen LogP contribution in [0.4, 0.5) is 0 Å². The van der Waals surface area contributed by atoms with Crippen LogP contribution in [0.5, 0.6) is 0 Å². The maximum atomic E-state index is 12.2. The molecule has 0 aromatic carbocycles. The Morgan fingerprint density at radius 3 is 2.75 bits per heavy atom. The molecule has 2 aliphatic rings. The minimum absolute atomic E-state index is 0.0892. The van der Waals surface area contributed by atoms with E-state index >= 15 is 0 Å². The number of amides is 1. The smallest absolute Gasteiger partial charge is 0.330 e. The first-order valence-electron chi connectivity index (χ1n) is 6.51. The predicted molar refractivity (Wildman–Crippen MR) is 79.1 cm³/mol. The van der Waals surface area contributed by atoms with E-state index in [1.165, 1.54) is 6.08 Å². The summed E-state index contributed by atoms with van der Waals surface area (Å²) in [5, 5.41) is -0.0892. The lowest BCUT2D eigenvalue weighted by molar-refractivity contribution is -0.156. The second-order valence-corrected chi connectivity index (χ2v) is 7.38. The summed E-state index contributed by atoms with van der Waals surface area (Å²) >= 11 is 1.61. The largest absolute Gasteiger partial charge is 0.460 e. The number of carbonyl (C=O) groups excluding carboxylic acids is 2. The molecule has 4 nitrogen and oxygen atoms in total. The molecular formula is C15H19NO3S. The summed E-state index contributed by atoms with van der Waals surface area (Å²) in [5.41, 5.74) is 4.71. The van der Waals surface area contributed by atoms with Crippen molar-refractivity contribution < 1.29 is 14.3 Å². The number of ether oxygens (including phenoxy) is 1. The first kappa shape index (κ1) is 14.9. The number of thioether (sulfide) groups is 1. The number of fused-ring (bicyclic) bond motifs is 1. The van der Waals surface area contributed by atoms with Gasteiger partial charge in [0.25, 0.3) is 5.91 Å². The molecular weight excluding hydrogens is 274 g/mol. The molecule has 2 rings (SSSR count). The maximum Gasteiger partial charge on any atom is 0.330 e. The number of nitrogens with zero attached hydrogens (tertiary/aromatic N) is 1. The number of hydrogen-bond donors (Lipinski definition) is 0. The molecule has 5 heteroatoms. The first-order chi connectivity index (χ1) is 9.29. The van der Waals surface area contributed by atoms with E-state index < -0.39 is 6.04 Å². The highest BCUT2D eigenvalue weighted by molar-refractivity contribution is 8.01. The number of rotatable bonds is 3. The second kappa shape index (κ2) is 5.15. The topological polar surface area (TPSA) is 46.6 Å². The van der Waals surface area contributed by atoms with Crippen molar-refractivity contribution in [2.24, 2.45) is 0 Å². The van der Waals surface area contributed by atoms with E-state index in [1.54, 1.807) is 16.7 Å². The summed E-state index contributed by atoms with van der Waals surface area (Å²) in [4.78, 5) is 26.0. The van der Waals surface area contributed by atoms with Crippen molar-refractivity contribution in [2.75, 3.05) is 6.61 Å². The van der Waals surface area contributed by atoms with Gasteiger partial charge in [0, 0.05) is 4.75 Å². The van der Waals surface area contributed by atoms with Crippen LogP contribution < -0.4 is 0 Å². The summed E-state index contributed by atoms with van der Waals surface area (Å²) in [6, 6.07) is -0.548. The minimum atomic E-state index is -0.548. The van der Waals surface area contributed by atoms with Crippen molar-refractivity contribution in [3.05, 3.63) is 29.5 Å². The van der Waals surface area contributed by atoms with Crippen molar-refractivity contribution in [1.82, 2.24) is 4.90 Å². The molecule has 0 saturated carbocycles. The third kappa shape index (κ3) is 2.32. The molecule has 0 radical (unpaired) electrons. The zero-order chi connectivity index (χ0) is 15.1. The zero-order valence-electron chi connectivity index (χ0n) is 12.2. The SMILES string of the molecule is C=CCOC(=O)[C@@H]1N2C(=O)C(=C=C(C)C)[C@H]2SC1(C)C. The van der Waals surface area contributed by atoms with Gasteiger partial charge in [-0.25, -0.2) is 4.79 Å². The molecule has 0 aliphatic carbocycles. The van der Waals surface area contributed by atoms with E-state index in [-0.39, 0.29) is 28.6 Å². The van der Waals surface area contributed by atoms with E-state index in [4.69, 9.17) is 4.74 Å². The Morgan fingerprint density at radius 2 is 2.20 bits per heavy atom. The number of esters is 1. The summed E-state index contributed by atoms with van der Waals surface area (Å²) < 4.78 is 4.76. The maximum absolute atomic E-state index is 12.2. The monoisotopic (exact) mass is 293 g/mol. The van der Waals surface area contributed by atoms with Crippen LogP contribution in [0, 0.1) is 0 Å². The van der Waals surface area contributed by atoms with Gasteiger partial charge in [0.15, 0.2) is 0 Å². The van der Waals surface area contributed by atoms with Crippen LogP contribution in [0.3, 0.4) is 0 Å². The third-order valence-corrected chi connectivity index (χ3v) is 4.78. The molecule has 0 spiro atoms. The van der Waals surface area contributed by atoms with Crippen molar-refractivity contribution in [1.29, 1.82) is 0 Å². The first-order valence-corrected chi connectivity index (χ1v) is 7.39. The highest BCUT2D eigenvalue weighted by atomic mass is 32.2. The molecule has 2 fully saturated rings. The van der Waals surface area contributed by atoms with Gasteiger partial charge in [-0.2, -0.15) is 0 Å².